The highest BCUT2D eigenvalue weighted by molar-refractivity contribution is 6.06. The summed E-state index contributed by atoms with van der Waals surface area (Å²) >= 11 is 0. The van der Waals surface area contributed by atoms with Crippen LogP contribution in [0, 0.1) is 0 Å². The first-order valence-corrected chi connectivity index (χ1v) is 6.39. The molecule has 0 atom stereocenters. The molecule has 0 bridgehead atoms. The number of rotatable bonds is 4. The highest BCUT2D eigenvalue weighted by atomic mass is 16.2. The van der Waals surface area contributed by atoms with Gasteiger partial charge in [-0.2, -0.15) is 10.2 Å². The second kappa shape index (κ2) is 5.49. The Bertz CT molecular complexity index is 729. The van der Waals surface area contributed by atoms with Gasteiger partial charge in [-0.05, 0) is 23.8 Å². The molecule has 0 aliphatic heterocycles. The van der Waals surface area contributed by atoms with Crippen LogP contribution in [0.3, 0.4) is 0 Å². The minimum absolute atomic E-state index is 0.260. The summed E-state index contributed by atoms with van der Waals surface area (Å²) in [4.78, 5) is 12.0. The van der Waals surface area contributed by atoms with Crippen LogP contribution in [0.1, 0.15) is 16.1 Å². The van der Waals surface area contributed by atoms with Crippen molar-refractivity contribution in [1.29, 1.82) is 0 Å². The van der Waals surface area contributed by atoms with Crippen LogP contribution in [0.4, 0.5) is 11.4 Å². The number of benzene rings is 1. The molecule has 0 aliphatic rings. The zero-order valence-electron chi connectivity index (χ0n) is 11.2. The third-order valence-corrected chi connectivity index (χ3v) is 3.01. The van der Waals surface area contributed by atoms with Gasteiger partial charge in [-0.3, -0.25) is 14.6 Å². The monoisotopic (exact) mass is 282 g/mol. The number of nitrogen functional groups attached to an aromatic ring is 1. The van der Waals surface area contributed by atoms with Crippen LogP contribution in [0.2, 0.25) is 0 Å². The fraction of sp³-hybridized carbons (Fsp3) is 0.0714. The Labute approximate surface area is 120 Å². The fourth-order valence-corrected chi connectivity index (χ4v) is 1.95. The quantitative estimate of drug-likeness (QED) is 0.674. The molecule has 0 unspecified atom stereocenters. The van der Waals surface area contributed by atoms with Crippen molar-refractivity contribution < 1.29 is 4.79 Å². The molecule has 3 rings (SSSR count). The summed E-state index contributed by atoms with van der Waals surface area (Å²) in [6.45, 7) is 0.689. The van der Waals surface area contributed by atoms with Crippen molar-refractivity contribution >= 4 is 17.3 Å². The molecular formula is C14H14N6O. The van der Waals surface area contributed by atoms with Gasteiger partial charge in [-0.15, -0.1) is 0 Å². The summed E-state index contributed by atoms with van der Waals surface area (Å²) in [7, 11) is 0. The molecule has 7 nitrogen and oxygen atoms in total. The maximum Gasteiger partial charge on any atom is 0.275 e. The van der Waals surface area contributed by atoms with Crippen LogP contribution in [0.5, 0.6) is 0 Å². The van der Waals surface area contributed by atoms with E-state index in [1.807, 2.05) is 41.2 Å². The standard InChI is InChI=1S/C14H14N6O/c15-12-8-16-19-13(12)14(21)18-11-4-2-10(3-5-11)9-20-7-1-6-17-20/h1-8H,9,15H2,(H,16,19)(H,18,21). The van der Waals surface area contributed by atoms with Crippen molar-refractivity contribution in [2.45, 2.75) is 6.54 Å². The Morgan fingerprint density at radius 3 is 2.76 bits per heavy atom. The number of aromatic nitrogens is 4. The summed E-state index contributed by atoms with van der Waals surface area (Å²) in [6.07, 6.45) is 5.04. The van der Waals surface area contributed by atoms with E-state index in [-0.39, 0.29) is 11.6 Å². The van der Waals surface area contributed by atoms with E-state index in [1.165, 1.54) is 6.20 Å². The lowest BCUT2D eigenvalue weighted by atomic mass is 10.2. The van der Waals surface area contributed by atoms with Crippen LogP contribution >= 0.6 is 0 Å². The van der Waals surface area contributed by atoms with Gasteiger partial charge in [0.25, 0.3) is 5.91 Å². The summed E-state index contributed by atoms with van der Waals surface area (Å²) in [5, 5.41) is 13.2. The molecule has 0 aliphatic carbocycles. The van der Waals surface area contributed by atoms with Crippen molar-refractivity contribution in [3.05, 3.63) is 60.2 Å². The number of nitrogens with two attached hydrogens (primary N) is 1. The summed E-state index contributed by atoms with van der Waals surface area (Å²) < 4.78 is 1.83. The molecule has 21 heavy (non-hydrogen) atoms. The molecule has 0 fully saturated rings. The van der Waals surface area contributed by atoms with E-state index in [0.29, 0.717) is 17.9 Å². The van der Waals surface area contributed by atoms with Crippen molar-refractivity contribution in [3.63, 3.8) is 0 Å². The number of carbonyl (C=O) groups is 1. The summed E-state index contributed by atoms with van der Waals surface area (Å²) in [6, 6.07) is 9.43. The molecule has 0 saturated carbocycles. The van der Waals surface area contributed by atoms with Gasteiger partial charge in [0.05, 0.1) is 18.4 Å². The minimum Gasteiger partial charge on any atom is -0.396 e. The number of nitrogens with zero attached hydrogens (tertiary/aromatic N) is 3. The third kappa shape index (κ3) is 2.92. The lowest BCUT2D eigenvalue weighted by Gasteiger charge is -2.06. The number of hydrogen-bond acceptors (Lipinski definition) is 4. The lowest BCUT2D eigenvalue weighted by Crippen LogP contribution is -2.14. The van der Waals surface area contributed by atoms with Crippen molar-refractivity contribution in [2.75, 3.05) is 11.1 Å². The highest BCUT2D eigenvalue weighted by Crippen LogP contribution is 2.13. The van der Waals surface area contributed by atoms with Gasteiger partial charge in [0.15, 0.2) is 0 Å². The van der Waals surface area contributed by atoms with Crippen molar-refractivity contribution in [2.24, 2.45) is 0 Å². The number of H-pyrrole nitrogens is 1. The van der Waals surface area contributed by atoms with Crippen LogP contribution in [-0.2, 0) is 6.54 Å². The summed E-state index contributed by atoms with van der Waals surface area (Å²) in [5.74, 6) is -0.315. The smallest absolute Gasteiger partial charge is 0.275 e. The highest BCUT2D eigenvalue weighted by Gasteiger charge is 2.11. The first kappa shape index (κ1) is 12.9. The second-order valence-electron chi connectivity index (χ2n) is 4.56. The maximum absolute atomic E-state index is 12.0. The van der Waals surface area contributed by atoms with E-state index in [2.05, 4.69) is 20.6 Å². The molecule has 0 radical (unpaired) electrons. The van der Waals surface area contributed by atoms with E-state index in [9.17, 15) is 4.79 Å². The molecule has 1 aromatic carbocycles. The predicted molar refractivity (Wildman–Crippen MR) is 78.7 cm³/mol. The molecule has 7 heteroatoms. The SMILES string of the molecule is Nc1cn[nH]c1C(=O)Nc1ccc(Cn2cccn2)cc1. The lowest BCUT2D eigenvalue weighted by molar-refractivity contribution is 0.102. The Hall–Kier alpha value is -3.09. The van der Waals surface area contributed by atoms with E-state index in [4.69, 9.17) is 5.73 Å². The molecule has 3 aromatic rings. The Balaban J connectivity index is 1.67. The number of hydrogen-bond donors (Lipinski definition) is 3. The largest absolute Gasteiger partial charge is 0.396 e. The van der Waals surface area contributed by atoms with Crippen molar-refractivity contribution in [1.82, 2.24) is 20.0 Å². The molecule has 0 spiro atoms. The van der Waals surface area contributed by atoms with E-state index >= 15 is 0 Å². The van der Waals surface area contributed by atoms with Gasteiger partial charge in [-0.25, -0.2) is 0 Å². The number of nitrogens with one attached hydrogen (secondary N) is 2. The predicted octanol–water partition coefficient (Wildman–Crippen LogP) is 1.49. The van der Waals surface area contributed by atoms with Gasteiger partial charge < -0.3 is 11.1 Å². The van der Waals surface area contributed by atoms with Crippen LogP contribution in [-0.4, -0.2) is 25.9 Å². The van der Waals surface area contributed by atoms with Gasteiger partial charge in [-0.1, -0.05) is 12.1 Å². The maximum atomic E-state index is 12.0. The molecule has 2 aromatic heterocycles. The Morgan fingerprint density at radius 1 is 1.33 bits per heavy atom. The average Bonchev–Trinajstić information content (AvgIpc) is 3.12. The zero-order chi connectivity index (χ0) is 14.7. The van der Waals surface area contributed by atoms with Gasteiger partial charge in [0.2, 0.25) is 0 Å². The molecule has 106 valence electrons. The van der Waals surface area contributed by atoms with Crippen molar-refractivity contribution in [3.8, 4) is 0 Å². The molecule has 2 heterocycles. The number of carbonyl (C=O) groups excluding carboxylic acids is 1. The molecule has 0 saturated heterocycles. The second-order valence-corrected chi connectivity index (χ2v) is 4.56. The third-order valence-electron chi connectivity index (χ3n) is 3.01. The first-order valence-electron chi connectivity index (χ1n) is 6.39. The van der Waals surface area contributed by atoms with Crippen LogP contribution < -0.4 is 11.1 Å². The topological polar surface area (TPSA) is 102 Å². The Kier molecular flexibility index (Phi) is 3.38. The zero-order valence-corrected chi connectivity index (χ0v) is 11.2. The minimum atomic E-state index is -0.315. The molecule has 1 amide bonds. The number of amides is 1. The van der Waals surface area contributed by atoms with Gasteiger partial charge >= 0.3 is 0 Å². The normalized spacial score (nSPS) is 10.5. The van der Waals surface area contributed by atoms with E-state index in [0.717, 1.165) is 5.56 Å². The summed E-state index contributed by atoms with van der Waals surface area (Å²) in [5.41, 5.74) is 8.00. The van der Waals surface area contributed by atoms with Crippen LogP contribution in [0.25, 0.3) is 0 Å². The van der Waals surface area contributed by atoms with E-state index < -0.39 is 0 Å². The first-order chi connectivity index (χ1) is 10.2. The Morgan fingerprint density at radius 2 is 2.14 bits per heavy atom. The molecule has 4 N–H and O–H groups in total. The average molecular weight is 282 g/mol. The fourth-order valence-electron chi connectivity index (χ4n) is 1.95. The van der Waals surface area contributed by atoms with Gasteiger partial charge in [0, 0.05) is 18.1 Å². The molecular weight excluding hydrogens is 268 g/mol. The van der Waals surface area contributed by atoms with Gasteiger partial charge in [0.1, 0.15) is 5.69 Å². The number of aromatic amines is 1. The van der Waals surface area contributed by atoms with Crippen LogP contribution in [0.15, 0.2) is 48.9 Å². The number of anilines is 2. The van der Waals surface area contributed by atoms with E-state index in [1.54, 1.807) is 6.20 Å².